The first kappa shape index (κ1) is 16.2. The van der Waals surface area contributed by atoms with Crippen molar-refractivity contribution in [1.29, 1.82) is 0 Å². The summed E-state index contributed by atoms with van der Waals surface area (Å²) in [5, 5.41) is 0. The van der Waals surface area contributed by atoms with Crippen LogP contribution in [0.5, 0.6) is 5.75 Å². The number of rotatable bonds is 7. The van der Waals surface area contributed by atoms with Gasteiger partial charge in [0, 0.05) is 25.3 Å². The van der Waals surface area contributed by atoms with Crippen LogP contribution in [0, 0.1) is 0 Å². The molecule has 0 aliphatic carbocycles. The van der Waals surface area contributed by atoms with Crippen molar-refractivity contribution in [3.8, 4) is 5.75 Å². The number of ether oxygens (including phenoxy) is 1. The molecule has 1 aromatic carbocycles. The van der Waals surface area contributed by atoms with Crippen LogP contribution < -0.4 is 9.64 Å². The molecule has 0 saturated carbocycles. The molecule has 5 nitrogen and oxygen atoms in total. The number of imide groups is 1. The van der Waals surface area contributed by atoms with Gasteiger partial charge in [0.15, 0.2) is 0 Å². The number of nitrogens with zero attached hydrogens (tertiary/aromatic N) is 1. The number of hydrogen-bond acceptors (Lipinski definition) is 4. The molecular weight excluding hydrogens is 282 g/mol. The summed E-state index contributed by atoms with van der Waals surface area (Å²) in [4.78, 5) is 36.4. The lowest BCUT2D eigenvalue weighted by Gasteiger charge is -2.14. The molecule has 1 heterocycles. The highest BCUT2D eigenvalue weighted by Crippen LogP contribution is 2.26. The van der Waals surface area contributed by atoms with Gasteiger partial charge in [0.25, 0.3) is 0 Å². The summed E-state index contributed by atoms with van der Waals surface area (Å²) >= 11 is 0. The van der Waals surface area contributed by atoms with Crippen molar-refractivity contribution in [2.24, 2.45) is 0 Å². The zero-order valence-electron chi connectivity index (χ0n) is 12.8. The summed E-state index contributed by atoms with van der Waals surface area (Å²) in [5.74, 6) is -0.348. The molecule has 22 heavy (non-hydrogen) atoms. The smallest absolute Gasteiger partial charge is 0.311 e. The number of anilines is 1. The minimum absolute atomic E-state index is 0.215. The summed E-state index contributed by atoms with van der Waals surface area (Å²) in [5.41, 5.74) is 0.462. The molecule has 0 spiro atoms. The van der Waals surface area contributed by atoms with Gasteiger partial charge in [-0.1, -0.05) is 32.3 Å². The molecule has 0 radical (unpaired) electrons. The molecule has 118 valence electrons. The van der Waals surface area contributed by atoms with Crippen molar-refractivity contribution in [2.75, 3.05) is 4.90 Å². The van der Waals surface area contributed by atoms with E-state index in [2.05, 4.69) is 6.92 Å². The first-order valence-electron chi connectivity index (χ1n) is 7.78. The quantitative estimate of drug-likeness (QED) is 0.336. The van der Waals surface area contributed by atoms with Crippen LogP contribution in [0.3, 0.4) is 0 Å². The SMILES string of the molecule is CCCCCCC(=O)Oc1cccc(N2C(=O)CCC2=O)c1. The minimum atomic E-state index is -0.285. The van der Waals surface area contributed by atoms with Gasteiger partial charge in [-0.25, -0.2) is 0 Å². The van der Waals surface area contributed by atoms with E-state index in [0.29, 0.717) is 17.9 Å². The number of carbonyl (C=O) groups is 3. The molecule has 1 fully saturated rings. The largest absolute Gasteiger partial charge is 0.426 e. The Labute approximate surface area is 130 Å². The number of carbonyl (C=O) groups excluding carboxylic acids is 3. The van der Waals surface area contributed by atoms with Crippen LogP contribution in [-0.2, 0) is 14.4 Å². The van der Waals surface area contributed by atoms with Crippen molar-refractivity contribution in [3.63, 3.8) is 0 Å². The molecule has 0 N–H and O–H groups in total. The van der Waals surface area contributed by atoms with Crippen molar-refractivity contribution < 1.29 is 19.1 Å². The molecule has 0 unspecified atom stereocenters. The summed E-state index contributed by atoms with van der Waals surface area (Å²) in [6, 6.07) is 6.55. The lowest BCUT2D eigenvalue weighted by atomic mass is 10.1. The average Bonchev–Trinajstić information content (AvgIpc) is 2.83. The van der Waals surface area contributed by atoms with Gasteiger partial charge >= 0.3 is 5.97 Å². The molecule has 2 rings (SSSR count). The Kier molecular flexibility index (Phi) is 5.69. The molecular formula is C17H21NO4. The van der Waals surface area contributed by atoms with Gasteiger partial charge in [-0.15, -0.1) is 0 Å². The third kappa shape index (κ3) is 4.16. The van der Waals surface area contributed by atoms with E-state index in [1.165, 1.54) is 0 Å². The Balaban J connectivity index is 1.95. The van der Waals surface area contributed by atoms with E-state index in [1.54, 1.807) is 24.3 Å². The number of hydrogen-bond donors (Lipinski definition) is 0. The Hall–Kier alpha value is -2.17. The predicted molar refractivity (Wildman–Crippen MR) is 82.6 cm³/mol. The Bertz CT molecular complexity index is 552. The highest BCUT2D eigenvalue weighted by atomic mass is 16.5. The molecule has 0 bridgehead atoms. The van der Waals surface area contributed by atoms with Crippen LogP contribution >= 0.6 is 0 Å². The summed E-state index contributed by atoms with van der Waals surface area (Å²) in [7, 11) is 0. The van der Waals surface area contributed by atoms with E-state index in [4.69, 9.17) is 4.74 Å². The van der Waals surface area contributed by atoms with Gasteiger partial charge in [-0.2, -0.15) is 0 Å². The van der Waals surface area contributed by atoms with Crippen molar-refractivity contribution in [3.05, 3.63) is 24.3 Å². The molecule has 1 aliphatic heterocycles. The number of benzene rings is 1. The minimum Gasteiger partial charge on any atom is -0.426 e. The Morgan fingerprint density at radius 2 is 1.86 bits per heavy atom. The molecule has 2 amide bonds. The molecule has 1 aromatic rings. The summed E-state index contributed by atoms with van der Waals surface area (Å²) in [6.07, 6.45) is 4.92. The van der Waals surface area contributed by atoms with Crippen LogP contribution in [0.4, 0.5) is 5.69 Å². The second-order valence-corrected chi connectivity index (χ2v) is 5.40. The van der Waals surface area contributed by atoms with Crippen LogP contribution in [0.2, 0.25) is 0 Å². The highest BCUT2D eigenvalue weighted by Gasteiger charge is 2.30. The summed E-state index contributed by atoms with van der Waals surface area (Å²) in [6.45, 7) is 2.12. The second-order valence-electron chi connectivity index (χ2n) is 5.40. The maximum atomic E-state index is 11.8. The van der Waals surface area contributed by atoms with E-state index in [9.17, 15) is 14.4 Å². The highest BCUT2D eigenvalue weighted by molar-refractivity contribution is 6.19. The van der Waals surface area contributed by atoms with Crippen molar-refractivity contribution in [2.45, 2.75) is 51.9 Å². The van der Waals surface area contributed by atoms with Crippen LogP contribution in [0.1, 0.15) is 51.9 Å². The monoisotopic (exact) mass is 303 g/mol. The number of esters is 1. The normalized spacial score (nSPS) is 14.5. The molecule has 1 aliphatic rings. The third-order valence-corrected chi connectivity index (χ3v) is 3.59. The van der Waals surface area contributed by atoms with E-state index < -0.39 is 0 Å². The van der Waals surface area contributed by atoms with Gasteiger partial charge in [0.1, 0.15) is 5.75 Å². The standard InChI is InChI=1S/C17H21NO4/c1-2-3-4-5-9-17(21)22-14-8-6-7-13(12-14)18-15(19)10-11-16(18)20/h6-8,12H,2-5,9-11H2,1H3. The zero-order valence-corrected chi connectivity index (χ0v) is 12.8. The summed E-state index contributed by atoms with van der Waals surface area (Å²) < 4.78 is 5.28. The topological polar surface area (TPSA) is 63.7 Å². The van der Waals surface area contributed by atoms with Crippen LogP contribution in [0.25, 0.3) is 0 Å². The first-order chi connectivity index (χ1) is 10.6. The van der Waals surface area contributed by atoms with E-state index in [-0.39, 0.29) is 30.6 Å². The van der Waals surface area contributed by atoms with E-state index in [1.807, 2.05) is 0 Å². The van der Waals surface area contributed by atoms with Crippen molar-refractivity contribution >= 4 is 23.5 Å². The van der Waals surface area contributed by atoms with Crippen molar-refractivity contribution in [1.82, 2.24) is 0 Å². The number of unbranched alkanes of at least 4 members (excludes halogenated alkanes) is 3. The fourth-order valence-corrected chi connectivity index (χ4v) is 2.43. The fraction of sp³-hybridized carbons (Fsp3) is 0.471. The zero-order chi connectivity index (χ0) is 15.9. The third-order valence-electron chi connectivity index (χ3n) is 3.59. The number of amides is 2. The molecule has 1 saturated heterocycles. The molecule has 0 aromatic heterocycles. The molecule has 5 heteroatoms. The van der Waals surface area contributed by atoms with Gasteiger partial charge < -0.3 is 4.74 Å². The van der Waals surface area contributed by atoms with Gasteiger partial charge in [0.2, 0.25) is 11.8 Å². The maximum Gasteiger partial charge on any atom is 0.311 e. The van der Waals surface area contributed by atoms with E-state index in [0.717, 1.165) is 30.6 Å². The Morgan fingerprint density at radius 1 is 1.14 bits per heavy atom. The first-order valence-corrected chi connectivity index (χ1v) is 7.78. The van der Waals surface area contributed by atoms with Gasteiger partial charge in [-0.3, -0.25) is 19.3 Å². The van der Waals surface area contributed by atoms with E-state index >= 15 is 0 Å². The van der Waals surface area contributed by atoms with Crippen LogP contribution in [0.15, 0.2) is 24.3 Å². The van der Waals surface area contributed by atoms with Crippen LogP contribution in [-0.4, -0.2) is 17.8 Å². The fourth-order valence-electron chi connectivity index (χ4n) is 2.43. The maximum absolute atomic E-state index is 11.8. The lowest BCUT2D eigenvalue weighted by Crippen LogP contribution is -2.28. The van der Waals surface area contributed by atoms with Gasteiger partial charge in [-0.05, 0) is 18.6 Å². The lowest BCUT2D eigenvalue weighted by molar-refractivity contribution is -0.134. The average molecular weight is 303 g/mol. The predicted octanol–water partition coefficient (Wildman–Crippen LogP) is 3.22. The Morgan fingerprint density at radius 3 is 2.55 bits per heavy atom. The van der Waals surface area contributed by atoms with Gasteiger partial charge in [0.05, 0.1) is 5.69 Å². The second kappa shape index (κ2) is 7.73. The molecule has 0 atom stereocenters.